The molecule has 0 bridgehead atoms. The molecular formula is C11H8N4OS. The topological polar surface area (TPSA) is 77.8 Å². The Labute approximate surface area is 101 Å². The highest BCUT2D eigenvalue weighted by atomic mass is 32.2. The van der Waals surface area contributed by atoms with Crippen LogP contribution < -0.4 is 5.73 Å². The fraction of sp³-hybridized carbons (Fsp3) is 0. The Hall–Kier alpha value is -2.08. The summed E-state index contributed by atoms with van der Waals surface area (Å²) in [6.07, 6.45) is 4.90. The first-order chi connectivity index (χ1) is 8.33. The minimum absolute atomic E-state index is 0.512. The van der Waals surface area contributed by atoms with Gasteiger partial charge in [-0.15, -0.1) is 0 Å². The maximum absolute atomic E-state index is 5.80. The fourth-order valence-electron chi connectivity index (χ4n) is 1.42. The molecule has 0 saturated heterocycles. The van der Waals surface area contributed by atoms with E-state index in [0.29, 0.717) is 22.0 Å². The van der Waals surface area contributed by atoms with Crippen LogP contribution in [0.1, 0.15) is 0 Å². The van der Waals surface area contributed by atoms with Gasteiger partial charge in [0, 0.05) is 12.4 Å². The van der Waals surface area contributed by atoms with E-state index in [2.05, 4.69) is 15.0 Å². The molecule has 2 N–H and O–H groups in total. The van der Waals surface area contributed by atoms with Gasteiger partial charge in [-0.3, -0.25) is 4.98 Å². The lowest BCUT2D eigenvalue weighted by Crippen LogP contribution is -1.85. The first-order valence-electron chi connectivity index (χ1n) is 4.92. The number of aromatic nitrogens is 3. The summed E-state index contributed by atoms with van der Waals surface area (Å²) in [5.74, 6) is 0. The van der Waals surface area contributed by atoms with E-state index in [9.17, 15) is 0 Å². The monoisotopic (exact) mass is 244 g/mol. The van der Waals surface area contributed by atoms with Crippen molar-refractivity contribution in [1.82, 2.24) is 15.0 Å². The molecule has 0 atom stereocenters. The normalized spacial score (nSPS) is 10.8. The second kappa shape index (κ2) is 4.06. The van der Waals surface area contributed by atoms with Crippen LogP contribution in [0.5, 0.6) is 0 Å². The lowest BCUT2D eigenvalue weighted by Gasteiger charge is -1.92. The molecule has 0 aliphatic carbocycles. The van der Waals surface area contributed by atoms with E-state index >= 15 is 0 Å². The molecule has 0 fully saturated rings. The van der Waals surface area contributed by atoms with E-state index in [4.69, 9.17) is 10.2 Å². The second-order valence-corrected chi connectivity index (χ2v) is 4.29. The van der Waals surface area contributed by atoms with Gasteiger partial charge in [-0.05, 0) is 23.9 Å². The number of nitrogens with zero attached hydrogens (tertiary/aromatic N) is 3. The number of oxazole rings is 1. The molecule has 0 radical (unpaired) electrons. The fourth-order valence-corrected chi connectivity index (χ4v) is 2.10. The van der Waals surface area contributed by atoms with Crippen molar-refractivity contribution in [2.45, 2.75) is 10.2 Å². The van der Waals surface area contributed by atoms with Crippen LogP contribution in [0, 0.1) is 0 Å². The minimum Gasteiger partial charge on any atom is -0.431 e. The number of hydrogen-bond acceptors (Lipinski definition) is 6. The summed E-state index contributed by atoms with van der Waals surface area (Å²) in [7, 11) is 0. The zero-order chi connectivity index (χ0) is 11.7. The predicted molar refractivity (Wildman–Crippen MR) is 64.6 cm³/mol. The smallest absolute Gasteiger partial charge is 0.263 e. The van der Waals surface area contributed by atoms with Gasteiger partial charge in [-0.1, -0.05) is 6.07 Å². The quantitative estimate of drug-likeness (QED) is 0.697. The molecule has 17 heavy (non-hydrogen) atoms. The largest absolute Gasteiger partial charge is 0.431 e. The Morgan fingerprint density at radius 3 is 2.94 bits per heavy atom. The maximum atomic E-state index is 5.80. The number of fused-ring (bicyclic) bond motifs is 1. The Bertz CT molecular complexity index is 653. The summed E-state index contributed by atoms with van der Waals surface area (Å²) in [5, 5.41) is 1.25. The lowest BCUT2D eigenvalue weighted by molar-refractivity contribution is 0.489. The molecule has 0 saturated carbocycles. The van der Waals surface area contributed by atoms with Gasteiger partial charge in [0.1, 0.15) is 10.5 Å². The number of nitrogens with two attached hydrogens (primary N) is 1. The van der Waals surface area contributed by atoms with Gasteiger partial charge in [-0.2, -0.15) is 0 Å². The first-order valence-corrected chi connectivity index (χ1v) is 5.73. The highest BCUT2D eigenvalue weighted by Gasteiger charge is 2.09. The molecule has 0 aliphatic heterocycles. The van der Waals surface area contributed by atoms with Crippen molar-refractivity contribution in [2.75, 3.05) is 5.73 Å². The van der Waals surface area contributed by atoms with Crippen molar-refractivity contribution in [3.8, 4) is 0 Å². The van der Waals surface area contributed by atoms with E-state index in [1.54, 1.807) is 24.7 Å². The van der Waals surface area contributed by atoms with E-state index in [-0.39, 0.29) is 0 Å². The van der Waals surface area contributed by atoms with E-state index in [1.807, 2.05) is 12.1 Å². The third-order valence-electron chi connectivity index (χ3n) is 2.16. The molecule has 84 valence electrons. The molecule has 0 spiro atoms. The zero-order valence-corrected chi connectivity index (χ0v) is 9.52. The molecule has 1 aromatic carbocycles. The lowest BCUT2D eigenvalue weighted by atomic mass is 10.3. The van der Waals surface area contributed by atoms with E-state index in [1.165, 1.54) is 11.8 Å². The Balaban J connectivity index is 1.99. The van der Waals surface area contributed by atoms with Gasteiger partial charge in [0.25, 0.3) is 5.22 Å². The van der Waals surface area contributed by atoms with Crippen molar-refractivity contribution >= 4 is 28.5 Å². The number of rotatable bonds is 2. The molecular weight excluding hydrogens is 236 g/mol. The molecule has 3 aromatic rings. The van der Waals surface area contributed by atoms with E-state index < -0.39 is 0 Å². The standard InChI is InChI=1S/C11H8N4OS/c12-7-2-1-3-8-10(7)15-11(16-8)17-9-6-13-4-5-14-9/h1-6H,12H2. The third kappa shape index (κ3) is 1.94. The van der Waals surface area contributed by atoms with Crippen LogP contribution in [0.15, 0.2) is 51.5 Å². The number of hydrogen-bond donors (Lipinski definition) is 1. The van der Waals surface area contributed by atoms with E-state index in [0.717, 1.165) is 5.03 Å². The number of para-hydroxylation sites is 1. The van der Waals surface area contributed by atoms with Gasteiger partial charge in [-0.25, -0.2) is 9.97 Å². The molecule has 0 aliphatic rings. The summed E-state index contributed by atoms with van der Waals surface area (Å²) in [4.78, 5) is 12.4. The van der Waals surface area contributed by atoms with Gasteiger partial charge >= 0.3 is 0 Å². The average Bonchev–Trinajstić information content (AvgIpc) is 2.74. The van der Waals surface area contributed by atoms with Crippen molar-refractivity contribution in [1.29, 1.82) is 0 Å². The predicted octanol–water partition coefficient (Wildman–Crippen LogP) is 2.35. The van der Waals surface area contributed by atoms with Crippen LogP contribution in [0.2, 0.25) is 0 Å². The average molecular weight is 244 g/mol. The molecule has 0 amide bonds. The van der Waals surface area contributed by atoms with Crippen LogP contribution in [0.3, 0.4) is 0 Å². The molecule has 0 unspecified atom stereocenters. The minimum atomic E-state index is 0.512. The summed E-state index contributed by atoms with van der Waals surface area (Å²) in [6.45, 7) is 0. The van der Waals surface area contributed by atoms with Crippen molar-refractivity contribution in [2.24, 2.45) is 0 Å². The third-order valence-corrected chi connectivity index (χ3v) is 2.93. The van der Waals surface area contributed by atoms with Crippen molar-refractivity contribution in [3.63, 3.8) is 0 Å². The van der Waals surface area contributed by atoms with Crippen molar-refractivity contribution in [3.05, 3.63) is 36.8 Å². The van der Waals surface area contributed by atoms with Crippen molar-refractivity contribution < 1.29 is 4.42 Å². The number of nitrogen functional groups attached to an aromatic ring is 1. The number of anilines is 1. The van der Waals surface area contributed by atoms with Gasteiger partial charge in [0.05, 0.1) is 11.9 Å². The SMILES string of the molecule is Nc1cccc2oc(Sc3cnccn3)nc12. The molecule has 3 rings (SSSR count). The highest BCUT2D eigenvalue weighted by Crippen LogP contribution is 2.29. The van der Waals surface area contributed by atoms with Gasteiger partial charge in [0.2, 0.25) is 0 Å². The maximum Gasteiger partial charge on any atom is 0.263 e. The summed E-state index contributed by atoms with van der Waals surface area (Å²) in [5.41, 5.74) is 7.77. The van der Waals surface area contributed by atoms with Gasteiger partial charge < -0.3 is 10.2 Å². The van der Waals surface area contributed by atoms with Crippen LogP contribution in [0.25, 0.3) is 11.1 Å². The Kier molecular flexibility index (Phi) is 2.41. The summed E-state index contributed by atoms with van der Waals surface area (Å²) >= 11 is 1.32. The molecule has 6 heteroatoms. The van der Waals surface area contributed by atoms with Crippen LogP contribution in [-0.2, 0) is 0 Å². The Morgan fingerprint density at radius 1 is 1.24 bits per heavy atom. The van der Waals surface area contributed by atoms with Crippen LogP contribution in [-0.4, -0.2) is 15.0 Å². The van der Waals surface area contributed by atoms with Crippen LogP contribution >= 0.6 is 11.8 Å². The summed E-state index contributed by atoms with van der Waals surface area (Å²) in [6, 6.07) is 5.46. The molecule has 2 aromatic heterocycles. The van der Waals surface area contributed by atoms with Gasteiger partial charge in [0.15, 0.2) is 5.58 Å². The second-order valence-electron chi connectivity index (χ2n) is 3.32. The molecule has 5 nitrogen and oxygen atoms in total. The zero-order valence-electron chi connectivity index (χ0n) is 8.70. The van der Waals surface area contributed by atoms with Crippen LogP contribution in [0.4, 0.5) is 5.69 Å². The number of benzene rings is 1. The first kappa shape index (κ1) is 10.1. The summed E-state index contributed by atoms with van der Waals surface area (Å²) < 4.78 is 5.56. The highest BCUT2D eigenvalue weighted by molar-refractivity contribution is 7.99. The Morgan fingerprint density at radius 2 is 2.18 bits per heavy atom. The molecule has 2 heterocycles.